The van der Waals surface area contributed by atoms with Gasteiger partial charge in [-0.2, -0.15) is 12.6 Å². The first-order chi connectivity index (χ1) is 23.2. The van der Waals surface area contributed by atoms with Crippen molar-refractivity contribution in [1.29, 1.82) is 0 Å². The molecular weight excluding hydrogens is 668 g/mol. The van der Waals surface area contributed by atoms with Crippen molar-refractivity contribution in [2.45, 2.75) is 124 Å². The predicted octanol–water partition coefficient (Wildman–Crippen LogP) is -0.598. The number of hydrogen-bond donors (Lipinski definition) is 10. The zero-order valence-corrected chi connectivity index (χ0v) is 31.7. The number of carbonyl (C=O) groups is 7. The summed E-state index contributed by atoms with van der Waals surface area (Å²) in [6.07, 6.45) is 1.86. The molecule has 0 rings (SSSR count). The van der Waals surface area contributed by atoms with Crippen LogP contribution in [-0.4, -0.2) is 102 Å². The van der Waals surface area contributed by atoms with Gasteiger partial charge in [0.15, 0.2) is 0 Å². The molecule has 0 heterocycles. The van der Waals surface area contributed by atoms with Gasteiger partial charge in [-0.15, -0.1) is 0 Å². The molecule has 0 saturated carbocycles. The Kier molecular flexibility index (Phi) is 22.2. The topological polar surface area (TPSA) is 264 Å². The van der Waals surface area contributed by atoms with Crippen LogP contribution in [0, 0.1) is 23.7 Å². The Labute approximate surface area is 301 Å². The molecule has 16 nitrogen and oxygen atoms in total. The lowest BCUT2D eigenvalue weighted by Crippen LogP contribution is -2.59. The van der Waals surface area contributed by atoms with Crippen LogP contribution in [0.5, 0.6) is 0 Å². The SMILES string of the molecule is CC(C)C[C@H](NC(=O)CNC(=O)[C@@H](NC(=O)[C@@H](NC(=O)[C@@H](N)CC(C)C)C(C)C)C(C)C)C(=O)N[C@@H](CS)C(=O)N[C@@H](CCCCN)C(=O)O. The van der Waals surface area contributed by atoms with Crippen LogP contribution in [0.25, 0.3) is 0 Å². The van der Waals surface area contributed by atoms with Crippen molar-refractivity contribution in [3.05, 3.63) is 0 Å². The van der Waals surface area contributed by atoms with Crippen LogP contribution in [0.3, 0.4) is 0 Å². The van der Waals surface area contributed by atoms with Gasteiger partial charge < -0.3 is 48.5 Å². The second-order valence-electron chi connectivity index (χ2n) is 14.1. The van der Waals surface area contributed by atoms with Crippen molar-refractivity contribution >= 4 is 54.0 Å². The van der Waals surface area contributed by atoms with Crippen LogP contribution in [0.15, 0.2) is 0 Å². The van der Waals surface area contributed by atoms with E-state index in [4.69, 9.17) is 11.5 Å². The third-order valence-electron chi connectivity index (χ3n) is 7.71. The van der Waals surface area contributed by atoms with Crippen molar-refractivity contribution < 1.29 is 38.7 Å². The monoisotopic (exact) mass is 730 g/mol. The molecule has 17 heteroatoms. The number of nitrogens with one attached hydrogen (secondary N) is 6. The summed E-state index contributed by atoms with van der Waals surface area (Å²) >= 11 is 4.14. The first kappa shape index (κ1) is 46.6. The van der Waals surface area contributed by atoms with Crippen LogP contribution in [-0.2, 0) is 33.6 Å². The molecule has 6 atom stereocenters. The molecule has 0 unspecified atom stereocenters. The molecular formula is C33H62N8O8S. The summed E-state index contributed by atoms with van der Waals surface area (Å²) in [6.45, 7) is 14.3. The Hall–Kier alpha value is -3.44. The first-order valence-electron chi connectivity index (χ1n) is 17.3. The second-order valence-corrected chi connectivity index (χ2v) is 14.5. The summed E-state index contributed by atoms with van der Waals surface area (Å²) in [6, 6.07) is -6.25. The molecule has 0 aromatic heterocycles. The van der Waals surface area contributed by atoms with Gasteiger partial charge in [0.1, 0.15) is 30.2 Å². The van der Waals surface area contributed by atoms with E-state index in [9.17, 15) is 38.7 Å². The molecule has 0 spiro atoms. The number of nitrogens with two attached hydrogens (primary N) is 2. The fraction of sp³-hybridized carbons (Fsp3) is 0.788. The van der Waals surface area contributed by atoms with E-state index in [1.165, 1.54) is 0 Å². The number of amides is 6. The smallest absolute Gasteiger partial charge is 0.326 e. The lowest BCUT2D eigenvalue weighted by molar-refractivity contribution is -0.142. The number of aliphatic carboxylic acids is 1. The van der Waals surface area contributed by atoms with E-state index in [2.05, 4.69) is 44.5 Å². The molecule has 0 aromatic rings. The molecule has 0 aliphatic rings. The molecule has 0 saturated heterocycles. The van der Waals surface area contributed by atoms with Crippen molar-refractivity contribution in [2.75, 3.05) is 18.8 Å². The predicted molar refractivity (Wildman–Crippen MR) is 194 cm³/mol. The molecule has 11 N–H and O–H groups in total. The van der Waals surface area contributed by atoms with Gasteiger partial charge in [-0.1, -0.05) is 55.4 Å². The van der Waals surface area contributed by atoms with Crippen molar-refractivity contribution in [3.63, 3.8) is 0 Å². The number of unbranched alkanes of at least 4 members (excludes halogenated alkanes) is 1. The highest BCUT2D eigenvalue weighted by Gasteiger charge is 2.33. The van der Waals surface area contributed by atoms with Crippen molar-refractivity contribution in [3.8, 4) is 0 Å². The zero-order chi connectivity index (χ0) is 38.7. The fourth-order valence-corrected chi connectivity index (χ4v) is 5.16. The lowest BCUT2D eigenvalue weighted by Gasteiger charge is -2.28. The summed E-state index contributed by atoms with van der Waals surface area (Å²) in [5.41, 5.74) is 11.5. The Morgan fingerprint density at radius 2 is 1.12 bits per heavy atom. The quantitative estimate of drug-likeness (QED) is 0.0445. The van der Waals surface area contributed by atoms with Gasteiger partial charge in [0, 0.05) is 5.75 Å². The minimum absolute atomic E-state index is 0.0577. The summed E-state index contributed by atoms with van der Waals surface area (Å²) in [5, 5.41) is 24.9. The highest BCUT2D eigenvalue weighted by molar-refractivity contribution is 7.80. The van der Waals surface area contributed by atoms with Crippen LogP contribution < -0.4 is 43.4 Å². The highest BCUT2D eigenvalue weighted by Crippen LogP contribution is 2.10. The molecule has 6 amide bonds. The molecule has 0 radical (unpaired) electrons. The first-order valence-corrected chi connectivity index (χ1v) is 18.0. The Morgan fingerprint density at radius 1 is 0.620 bits per heavy atom. The number of carbonyl (C=O) groups excluding carboxylic acids is 6. The van der Waals surface area contributed by atoms with E-state index in [-0.39, 0.29) is 42.3 Å². The van der Waals surface area contributed by atoms with Crippen LogP contribution in [0.4, 0.5) is 0 Å². The van der Waals surface area contributed by atoms with Gasteiger partial charge in [-0.25, -0.2) is 4.79 Å². The average molecular weight is 731 g/mol. The van der Waals surface area contributed by atoms with Gasteiger partial charge in [0.25, 0.3) is 0 Å². The van der Waals surface area contributed by atoms with Gasteiger partial charge >= 0.3 is 5.97 Å². The summed E-state index contributed by atoms with van der Waals surface area (Å²) in [7, 11) is 0. The number of rotatable bonds is 24. The zero-order valence-electron chi connectivity index (χ0n) is 30.8. The molecule has 0 bridgehead atoms. The minimum Gasteiger partial charge on any atom is -0.480 e. The molecule has 0 aromatic carbocycles. The number of hydrogen-bond acceptors (Lipinski definition) is 10. The van der Waals surface area contributed by atoms with Crippen molar-refractivity contribution in [2.24, 2.45) is 35.1 Å². The number of carboxylic acid groups (broad SMARTS) is 1. The third-order valence-corrected chi connectivity index (χ3v) is 8.08. The van der Waals surface area contributed by atoms with Gasteiger partial charge in [-0.05, 0) is 62.3 Å². The van der Waals surface area contributed by atoms with E-state index >= 15 is 0 Å². The summed E-state index contributed by atoms with van der Waals surface area (Å²) in [4.78, 5) is 89.6. The van der Waals surface area contributed by atoms with E-state index in [0.29, 0.717) is 25.8 Å². The number of thiol groups is 1. The van der Waals surface area contributed by atoms with E-state index in [1.54, 1.807) is 27.7 Å². The Morgan fingerprint density at radius 3 is 1.60 bits per heavy atom. The standard InChI is InChI=1S/C33H62N8O8S/c1-17(2)13-21(35)28(43)40-27(20(7)8)32(47)41-26(19(5)6)31(46)36-15-25(42)37-23(14-18(3)4)29(44)39-24(16-50)30(45)38-22(33(48)49)11-9-10-12-34/h17-24,26-27,50H,9-16,34-35H2,1-8H3,(H,36,46)(H,37,42)(H,38,45)(H,39,44)(H,40,43)(H,41,47)(H,48,49)/t21-,22-,23-,24-,26-,27-/m0/s1. The van der Waals surface area contributed by atoms with Gasteiger partial charge in [0.2, 0.25) is 35.4 Å². The Balaban J connectivity index is 5.50. The van der Waals surface area contributed by atoms with Crippen LogP contribution in [0.2, 0.25) is 0 Å². The average Bonchev–Trinajstić information content (AvgIpc) is 3.01. The maximum Gasteiger partial charge on any atom is 0.326 e. The molecule has 288 valence electrons. The van der Waals surface area contributed by atoms with Crippen LogP contribution in [0.1, 0.15) is 87.5 Å². The van der Waals surface area contributed by atoms with E-state index in [0.717, 1.165) is 0 Å². The van der Waals surface area contributed by atoms with Crippen molar-refractivity contribution in [1.82, 2.24) is 31.9 Å². The highest BCUT2D eigenvalue weighted by atomic mass is 32.1. The third kappa shape index (κ3) is 18.0. The van der Waals surface area contributed by atoms with Crippen LogP contribution >= 0.6 is 12.6 Å². The molecule has 0 aliphatic heterocycles. The van der Waals surface area contributed by atoms with Gasteiger partial charge in [0.05, 0.1) is 12.6 Å². The maximum absolute atomic E-state index is 13.2. The molecule has 0 aliphatic carbocycles. The normalized spacial score (nSPS) is 15.0. The largest absolute Gasteiger partial charge is 0.480 e. The lowest BCUT2D eigenvalue weighted by atomic mass is 9.98. The van der Waals surface area contributed by atoms with E-state index < -0.39 is 84.2 Å². The summed E-state index contributed by atoms with van der Waals surface area (Å²) in [5.74, 6) is -5.78. The Bertz CT molecular complexity index is 1140. The summed E-state index contributed by atoms with van der Waals surface area (Å²) < 4.78 is 0. The molecule has 0 fully saturated rings. The number of carboxylic acids is 1. The maximum atomic E-state index is 13.2. The minimum atomic E-state index is -1.22. The van der Waals surface area contributed by atoms with Gasteiger partial charge in [-0.3, -0.25) is 28.8 Å². The second kappa shape index (κ2) is 23.9. The molecule has 50 heavy (non-hydrogen) atoms. The van der Waals surface area contributed by atoms with E-state index in [1.807, 2.05) is 27.7 Å². The fourth-order valence-electron chi connectivity index (χ4n) is 4.90.